The number of aromatic nitrogens is 2. The molecule has 2 fully saturated rings. The molecule has 0 aliphatic carbocycles. The van der Waals surface area contributed by atoms with Crippen molar-refractivity contribution in [2.24, 2.45) is 0 Å². The Kier molecular flexibility index (Phi) is 5.27. The summed E-state index contributed by atoms with van der Waals surface area (Å²) in [6, 6.07) is 10.3. The van der Waals surface area contributed by atoms with Gasteiger partial charge in [0.1, 0.15) is 5.54 Å². The summed E-state index contributed by atoms with van der Waals surface area (Å²) in [7, 11) is 1.69. The van der Waals surface area contributed by atoms with Crippen LogP contribution in [0.1, 0.15) is 31.2 Å². The molecule has 2 saturated heterocycles. The molecule has 6 nitrogen and oxygen atoms in total. The number of benzene rings is 1. The lowest BCUT2D eigenvalue weighted by atomic mass is 9.85. The summed E-state index contributed by atoms with van der Waals surface area (Å²) in [4.78, 5) is 17.8. The number of rotatable bonds is 6. The molecular weight excluding hydrogens is 340 g/mol. The molecule has 1 amide bonds. The molecule has 1 unspecified atom stereocenters. The molecule has 0 radical (unpaired) electrons. The van der Waals surface area contributed by atoms with Gasteiger partial charge in [-0.2, -0.15) is 5.10 Å². The molecule has 4 rings (SSSR count). The maximum atomic E-state index is 13.4. The molecule has 6 heteroatoms. The average Bonchev–Trinajstić information content (AvgIpc) is 3.35. The fourth-order valence-electron chi connectivity index (χ4n) is 4.66. The Hall–Kier alpha value is -2.18. The SMILES string of the molecule is COCCN1CCCC2(CCCN2Cc2ccccc2-n2cccn2)C1=O. The molecule has 27 heavy (non-hydrogen) atoms. The number of ether oxygens (including phenoxy) is 1. The van der Waals surface area contributed by atoms with Crippen molar-refractivity contribution in [3.05, 3.63) is 48.3 Å². The van der Waals surface area contributed by atoms with Gasteiger partial charge in [-0.15, -0.1) is 0 Å². The summed E-state index contributed by atoms with van der Waals surface area (Å²) in [5, 5.41) is 4.40. The predicted molar refractivity (Wildman–Crippen MR) is 104 cm³/mol. The Morgan fingerprint density at radius 3 is 2.74 bits per heavy atom. The fraction of sp³-hybridized carbons (Fsp3) is 0.524. The van der Waals surface area contributed by atoms with E-state index in [4.69, 9.17) is 4.74 Å². The summed E-state index contributed by atoms with van der Waals surface area (Å²) in [6.07, 6.45) is 7.82. The van der Waals surface area contributed by atoms with Crippen LogP contribution in [0.5, 0.6) is 0 Å². The number of para-hydroxylation sites is 1. The van der Waals surface area contributed by atoms with Crippen LogP contribution in [0.2, 0.25) is 0 Å². The monoisotopic (exact) mass is 368 g/mol. The minimum Gasteiger partial charge on any atom is -0.383 e. The van der Waals surface area contributed by atoms with Gasteiger partial charge in [0.05, 0.1) is 12.3 Å². The van der Waals surface area contributed by atoms with Crippen LogP contribution in [0.15, 0.2) is 42.7 Å². The van der Waals surface area contributed by atoms with Crippen molar-refractivity contribution in [2.75, 3.05) is 33.4 Å². The number of amides is 1. The number of carbonyl (C=O) groups is 1. The van der Waals surface area contributed by atoms with E-state index >= 15 is 0 Å². The summed E-state index contributed by atoms with van der Waals surface area (Å²) >= 11 is 0. The second-order valence-corrected chi connectivity index (χ2v) is 7.52. The minimum absolute atomic E-state index is 0.292. The van der Waals surface area contributed by atoms with Crippen LogP contribution in [0.4, 0.5) is 0 Å². The second kappa shape index (κ2) is 7.82. The molecule has 1 atom stereocenters. The van der Waals surface area contributed by atoms with Gasteiger partial charge in [-0.1, -0.05) is 18.2 Å². The lowest BCUT2D eigenvalue weighted by molar-refractivity contribution is -0.148. The quantitative estimate of drug-likeness (QED) is 0.786. The van der Waals surface area contributed by atoms with Crippen molar-refractivity contribution >= 4 is 5.91 Å². The smallest absolute Gasteiger partial charge is 0.243 e. The summed E-state index contributed by atoms with van der Waals surface area (Å²) in [6.45, 7) is 3.89. The van der Waals surface area contributed by atoms with E-state index in [-0.39, 0.29) is 5.54 Å². The van der Waals surface area contributed by atoms with Crippen LogP contribution in [0.25, 0.3) is 5.69 Å². The maximum absolute atomic E-state index is 13.4. The van der Waals surface area contributed by atoms with Crippen LogP contribution >= 0.6 is 0 Å². The number of piperidine rings is 1. The Labute approximate surface area is 160 Å². The van der Waals surface area contributed by atoms with Crippen LogP contribution in [-0.4, -0.2) is 64.4 Å². The van der Waals surface area contributed by atoms with Gasteiger partial charge in [0.2, 0.25) is 5.91 Å². The molecule has 1 aromatic carbocycles. The summed E-state index contributed by atoms with van der Waals surface area (Å²) in [5.41, 5.74) is 1.96. The minimum atomic E-state index is -0.344. The molecule has 1 aromatic heterocycles. The van der Waals surface area contributed by atoms with Crippen molar-refractivity contribution in [3.63, 3.8) is 0 Å². The highest BCUT2D eigenvalue weighted by Crippen LogP contribution is 2.39. The largest absolute Gasteiger partial charge is 0.383 e. The van der Waals surface area contributed by atoms with Crippen molar-refractivity contribution in [3.8, 4) is 5.69 Å². The maximum Gasteiger partial charge on any atom is 0.243 e. The lowest BCUT2D eigenvalue weighted by Crippen LogP contribution is -2.60. The van der Waals surface area contributed by atoms with Crippen molar-refractivity contribution < 1.29 is 9.53 Å². The standard InChI is InChI=1S/C21H28N4O2/c1-27-16-15-23-12-4-9-21(20(23)26)10-5-13-24(21)17-18-7-2-3-8-19(18)25-14-6-11-22-25/h2-3,6-8,11,14H,4-5,9-10,12-13,15-17H2,1H3. The number of carbonyl (C=O) groups excluding carboxylic acids is 1. The van der Waals surface area contributed by atoms with Gasteiger partial charge in [0.25, 0.3) is 0 Å². The van der Waals surface area contributed by atoms with Gasteiger partial charge in [-0.25, -0.2) is 4.68 Å². The number of nitrogens with zero attached hydrogens (tertiary/aromatic N) is 4. The molecule has 0 N–H and O–H groups in total. The van der Waals surface area contributed by atoms with Crippen molar-refractivity contribution in [1.29, 1.82) is 0 Å². The zero-order chi connectivity index (χ0) is 18.7. The third-order valence-corrected chi connectivity index (χ3v) is 6.00. The number of hydrogen-bond acceptors (Lipinski definition) is 4. The van der Waals surface area contributed by atoms with E-state index in [0.29, 0.717) is 19.1 Å². The number of methoxy groups -OCH3 is 1. The molecular formula is C21H28N4O2. The molecule has 144 valence electrons. The van der Waals surface area contributed by atoms with Crippen molar-refractivity contribution in [1.82, 2.24) is 19.6 Å². The van der Waals surface area contributed by atoms with E-state index in [9.17, 15) is 4.79 Å². The van der Waals surface area contributed by atoms with E-state index in [1.165, 1.54) is 5.56 Å². The van der Waals surface area contributed by atoms with Crippen LogP contribution in [-0.2, 0) is 16.1 Å². The summed E-state index contributed by atoms with van der Waals surface area (Å²) in [5.74, 6) is 0.292. The first-order chi connectivity index (χ1) is 13.2. The average molecular weight is 368 g/mol. The van der Waals surface area contributed by atoms with Crippen molar-refractivity contribution in [2.45, 2.75) is 37.8 Å². The van der Waals surface area contributed by atoms with Gasteiger partial charge < -0.3 is 9.64 Å². The normalized spacial score (nSPS) is 23.4. The first-order valence-electron chi connectivity index (χ1n) is 9.86. The van der Waals surface area contributed by atoms with E-state index in [2.05, 4.69) is 28.2 Å². The zero-order valence-corrected chi connectivity index (χ0v) is 16.0. The van der Waals surface area contributed by atoms with E-state index < -0.39 is 0 Å². The van der Waals surface area contributed by atoms with E-state index in [0.717, 1.165) is 51.0 Å². The highest BCUT2D eigenvalue weighted by atomic mass is 16.5. The number of likely N-dealkylation sites (tertiary alicyclic amines) is 2. The fourth-order valence-corrected chi connectivity index (χ4v) is 4.66. The molecule has 0 bridgehead atoms. The van der Waals surface area contributed by atoms with Crippen LogP contribution < -0.4 is 0 Å². The van der Waals surface area contributed by atoms with E-state index in [1.54, 1.807) is 13.3 Å². The molecule has 2 aliphatic heterocycles. The van der Waals surface area contributed by atoms with Crippen LogP contribution in [0.3, 0.4) is 0 Å². The van der Waals surface area contributed by atoms with Gasteiger partial charge in [0, 0.05) is 39.1 Å². The highest BCUT2D eigenvalue weighted by molar-refractivity contribution is 5.87. The second-order valence-electron chi connectivity index (χ2n) is 7.52. The Morgan fingerprint density at radius 2 is 1.96 bits per heavy atom. The Morgan fingerprint density at radius 1 is 1.15 bits per heavy atom. The topological polar surface area (TPSA) is 50.6 Å². The zero-order valence-electron chi connectivity index (χ0n) is 16.0. The van der Waals surface area contributed by atoms with Gasteiger partial charge in [-0.05, 0) is 49.9 Å². The molecule has 2 aliphatic rings. The predicted octanol–water partition coefficient (Wildman–Crippen LogP) is 2.48. The number of hydrogen-bond donors (Lipinski definition) is 0. The highest BCUT2D eigenvalue weighted by Gasteiger charge is 2.50. The molecule has 3 heterocycles. The third-order valence-electron chi connectivity index (χ3n) is 6.00. The Balaban J connectivity index is 1.58. The Bertz CT molecular complexity index is 776. The van der Waals surface area contributed by atoms with E-state index in [1.807, 2.05) is 27.9 Å². The molecule has 1 spiro atoms. The third kappa shape index (κ3) is 3.39. The van der Waals surface area contributed by atoms with Gasteiger partial charge in [0.15, 0.2) is 0 Å². The molecule has 0 saturated carbocycles. The molecule has 2 aromatic rings. The van der Waals surface area contributed by atoms with Crippen LogP contribution in [0, 0.1) is 0 Å². The van der Waals surface area contributed by atoms with Gasteiger partial charge in [-0.3, -0.25) is 9.69 Å². The first kappa shape index (κ1) is 18.2. The lowest BCUT2D eigenvalue weighted by Gasteiger charge is -2.44. The first-order valence-corrected chi connectivity index (χ1v) is 9.86. The summed E-state index contributed by atoms with van der Waals surface area (Å²) < 4.78 is 7.11. The van der Waals surface area contributed by atoms with Gasteiger partial charge >= 0.3 is 0 Å².